The smallest absolute Gasteiger partial charge is 0.196 e. The van der Waals surface area contributed by atoms with Crippen molar-refractivity contribution in [2.24, 2.45) is 5.92 Å². The van der Waals surface area contributed by atoms with E-state index in [4.69, 9.17) is 16.3 Å². The molecule has 1 aliphatic carbocycles. The number of H-pyrrole nitrogens is 1. The monoisotopic (exact) mass is 545 g/mol. The summed E-state index contributed by atoms with van der Waals surface area (Å²) in [5.74, 6) is 2.34. The van der Waals surface area contributed by atoms with Crippen molar-refractivity contribution in [1.82, 2.24) is 19.9 Å². The molecule has 0 spiro atoms. The summed E-state index contributed by atoms with van der Waals surface area (Å²) in [6.45, 7) is 0.494. The van der Waals surface area contributed by atoms with Crippen molar-refractivity contribution >= 4 is 40.0 Å². The Morgan fingerprint density at radius 1 is 1.03 bits per heavy atom. The molecule has 1 saturated carbocycles. The largest absolute Gasteiger partial charge is 0.457 e. The second kappa shape index (κ2) is 12.0. The van der Waals surface area contributed by atoms with Crippen LogP contribution in [0.25, 0.3) is 11.0 Å². The van der Waals surface area contributed by atoms with E-state index < -0.39 is 0 Å². The van der Waals surface area contributed by atoms with E-state index in [1.165, 1.54) is 6.33 Å². The Balaban J connectivity index is 1.30. The number of nitrogens with zero attached hydrogens (tertiary/aromatic N) is 3. The van der Waals surface area contributed by atoms with E-state index in [-0.39, 0.29) is 11.8 Å². The summed E-state index contributed by atoms with van der Waals surface area (Å²) in [6.07, 6.45) is 7.62. The van der Waals surface area contributed by atoms with Crippen molar-refractivity contribution in [3.8, 4) is 11.5 Å². The standard InChI is InChI=1S/C30H32ClN5O3/c1-36(2)17-21(37)14-19-8-10-20(11-9-19)35-30-27-25(16-32-29(27)33-18-34-30)28(38)24-13-12-23(15-26(24)31)39-22-6-4-3-5-7-22/h3-7,12-13,15-16,18-20H,8-11,14,17H2,1-2H3,(H2,32,33,34,35). The third-order valence-corrected chi connectivity index (χ3v) is 7.39. The summed E-state index contributed by atoms with van der Waals surface area (Å²) < 4.78 is 5.85. The number of fused-ring (bicyclic) bond motifs is 1. The molecule has 0 unspecified atom stereocenters. The third-order valence-electron chi connectivity index (χ3n) is 7.08. The van der Waals surface area contributed by atoms with Crippen LogP contribution in [0.1, 0.15) is 48.0 Å². The van der Waals surface area contributed by atoms with Crippen LogP contribution in [0, 0.1) is 5.92 Å². The predicted molar refractivity (Wildman–Crippen MR) is 153 cm³/mol. The van der Waals surface area contributed by atoms with Crippen LogP contribution >= 0.6 is 11.6 Å². The predicted octanol–water partition coefficient (Wildman–Crippen LogP) is 6.13. The molecule has 2 heterocycles. The van der Waals surface area contributed by atoms with Crippen molar-refractivity contribution in [2.75, 3.05) is 26.0 Å². The van der Waals surface area contributed by atoms with Crippen molar-refractivity contribution < 1.29 is 14.3 Å². The molecule has 2 aromatic carbocycles. The van der Waals surface area contributed by atoms with E-state index in [1.54, 1.807) is 24.4 Å². The van der Waals surface area contributed by atoms with Crippen molar-refractivity contribution in [3.05, 3.63) is 77.2 Å². The quantitative estimate of drug-likeness (QED) is 0.231. The number of ketones is 2. The number of carbonyl (C=O) groups is 2. The number of halogens is 1. The van der Waals surface area contributed by atoms with Gasteiger partial charge < -0.3 is 19.9 Å². The number of benzene rings is 2. The van der Waals surface area contributed by atoms with Crippen LogP contribution in [0.3, 0.4) is 0 Å². The van der Waals surface area contributed by atoms with Gasteiger partial charge in [0.15, 0.2) is 5.78 Å². The highest BCUT2D eigenvalue weighted by Gasteiger charge is 2.26. The molecule has 0 radical (unpaired) electrons. The maximum absolute atomic E-state index is 13.6. The van der Waals surface area contributed by atoms with Gasteiger partial charge in [-0.05, 0) is 70.0 Å². The lowest BCUT2D eigenvalue weighted by Crippen LogP contribution is -2.29. The van der Waals surface area contributed by atoms with Gasteiger partial charge in [0, 0.05) is 30.3 Å². The number of para-hydroxylation sites is 1. The highest BCUT2D eigenvalue weighted by molar-refractivity contribution is 6.35. The number of ether oxygens (including phenoxy) is 1. The van der Waals surface area contributed by atoms with Gasteiger partial charge in [-0.25, -0.2) is 9.97 Å². The van der Waals surface area contributed by atoms with Crippen molar-refractivity contribution in [1.29, 1.82) is 0 Å². The Kier molecular flexibility index (Phi) is 8.24. The first-order valence-corrected chi connectivity index (χ1v) is 13.6. The van der Waals surface area contributed by atoms with Gasteiger partial charge >= 0.3 is 0 Å². The first-order valence-electron chi connectivity index (χ1n) is 13.2. The fourth-order valence-corrected chi connectivity index (χ4v) is 5.46. The van der Waals surface area contributed by atoms with Crippen LogP contribution < -0.4 is 10.1 Å². The molecule has 0 saturated heterocycles. The van der Waals surface area contributed by atoms with Crippen molar-refractivity contribution in [3.63, 3.8) is 0 Å². The second-order valence-corrected chi connectivity index (χ2v) is 10.8. The number of Topliss-reactive ketones (excluding diaryl/α,β-unsaturated/α-hetero) is 1. The molecule has 1 fully saturated rings. The van der Waals surface area contributed by atoms with Gasteiger partial charge in [0.1, 0.15) is 35.1 Å². The minimum atomic E-state index is -0.224. The van der Waals surface area contributed by atoms with E-state index in [0.29, 0.717) is 69.2 Å². The highest BCUT2D eigenvalue weighted by Crippen LogP contribution is 2.33. The van der Waals surface area contributed by atoms with Gasteiger partial charge in [0.05, 0.1) is 22.5 Å². The second-order valence-electron chi connectivity index (χ2n) is 10.4. The summed E-state index contributed by atoms with van der Waals surface area (Å²) in [7, 11) is 3.84. The molecule has 2 N–H and O–H groups in total. The van der Waals surface area contributed by atoms with Gasteiger partial charge in [0.25, 0.3) is 0 Å². The maximum atomic E-state index is 13.6. The lowest BCUT2D eigenvalue weighted by atomic mass is 9.83. The molecule has 0 bridgehead atoms. The zero-order valence-corrected chi connectivity index (χ0v) is 22.9. The Morgan fingerprint density at radius 3 is 2.51 bits per heavy atom. The Bertz CT molecular complexity index is 1460. The zero-order chi connectivity index (χ0) is 27.4. The summed E-state index contributed by atoms with van der Waals surface area (Å²) in [4.78, 5) is 39.7. The normalized spacial score (nSPS) is 17.3. The van der Waals surface area contributed by atoms with Gasteiger partial charge in [-0.1, -0.05) is 29.8 Å². The molecule has 1 aliphatic rings. The van der Waals surface area contributed by atoms with Gasteiger partial charge in [-0.15, -0.1) is 0 Å². The molecule has 39 heavy (non-hydrogen) atoms. The number of aromatic amines is 1. The molecule has 0 amide bonds. The number of hydrogen-bond donors (Lipinski definition) is 2. The Labute approximate surface area is 232 Å². The number of anilines is 1. The van der Waals surface area contributed by atoms with Crippen LogP contribution in [0.4, 0.5) is 5.82 Å². The van der Waals surface area contributed by atoms with Crippen LogP contribution in [0.2, 0.25) is 5.02 Å². The van der Waals surface area contributed by atoms with Crippen LogP contribution in [0.5, 0.6) is 11.5 Å². The summed E-state index contributed by atoms with van der Waals surface area (Å²) >= 11 is 6.55. The fraction of sp³-hybridized carbons (Fsp3) is 0.333. The molecule has 9 heteroatoms. The van der Waals surface area contributed by atoms with Crippen molar-refractivity contribution in [2.45, 2.75) is 38.1 Å². The van der Waals surface area contributed by atoms with Crippen LogP contribution in [-0.2, 0) is 4.79 Å². The number of carbonyl (C=O) groups excluding carboxylic acids is 2. The average molecular weight is 546 g/mol. The van der Waals surface area contributed by atoms with E-state index in [9.17, 15) is 9.59 Å². The third kappa shape index (κ3) is 6.46. The molecule has 2 aromatic heterocycles. The first-order chi connectivity index (χ1) is 18.9. The molecular formula is C30H32ClN5O3. The first kappa shape index (κ1) is 26.8. The van der Waals surface area contributed by atoms with Gasteiger partial charge in [-0.3, -0.25) is 9.59 Å². The molecule has 0 aliphatic heterocycles. The SMILES string of the molecule is CN(C)CC(=O)CC1CCC(Nc2ncnc3[nH]cc(C(=O)c4ccc(Oc5ccccc5)cc4Cl)c23)CC1. The van der Waals surface area contributed by atoms with Crippen LogP contribution in [0.15, 0.2) is 61.1 Å². The Hall–Kier alpha value is -3.75. The molecule has 8 nitrogen and oxygen atoms in total. The van der Waals surface area contributed by atoms with E-state index >= 15 is 0 Å². The topological polar surface area (TPSA) is 100 Å². The number of aromatic nitrogens is 3. The van der Waals surface area contributed by atoms with E-state index in [1.807, 2.05) is 49.3 Å². The van der Waals surface area contributed by atoms with E-state index in [0.717, 1.165) is 25.7 Å². The highest BCUT2D eigenvalue weighted by atomic mass is 35.5. The summed E-state index contributed by atoms with van der Waals surface area (Å²) in [5, 5.41) is 4.49. The summed E-state index contributed by atoms with van der Waals surface area (Å²) in [5.41, 5.74) is 1.41. The molecular weight excluding hydrogens is 514 g/mol. The molecule has 4 aromatic rings. The minimum Gasteiger partial charge on any atom is -0.457 e. The van der Waals surface area contributed by atoms with E-state index in [2.05, 4.69) is 20.3 Å². The van der Waals surface area contributed by atoms with Gasteiger partial charge in [0.2, 0.25) is 0 Å². The summed E-state index contributed by atoms with van der Waals surface area (Å²) in [6, 6.07) is 14.7. The molecule has 5 rings (SSSR count). The van der Waals surface area contributed by atoms with Gasteiger partial charge in [-0.2, -0.15) is 0 Å². The number of hydrogen-bond acceptors (Lipinski definition) is 7. The van der Waals surface area contributed by atoms with Crippen LogP contribution in [-0.4, -0.2) is 58.1 Å². The molecule has 202 valence electrons. The number of likely N-dealkylation sites (N-methyl/N-ethyl adjacent to an activating group) is 1. The average Bonchev–Trinajstić information content (AvgIpc) is 3.35. The molecule has 0 atom stereocenters. The number of rotatable bonds is 10. The zero-order valence-electron chi connectivity index (χ0n) is 22.1. The minimum absolute atomic E-state index is 0.208. The lowest BCUT2D eigenvalue weighted by molar-refractivity contribution is -0.120. The Morgan fingerprint density at radius 2 is 1.79 bits per heavy atom. The lowest BCUT2D eigenvalue weighted by Gasteiger charge is -2.29. The number of nitrogens with one attached hydrogen (secondary N) is 2. The fourth-order valence-electron chi connectivity index (χ4n) is 5.21. The maximum Gasteiger partial charge on any atom is 0.196 e.